The van der Waals surface area contributed by atoms with Crippen LogP contribution in [0.5, 0.6) is 11.5 Å². The molecule has 140 valence electrons. The molecule has 5 nitrogen and oxygen atoms in total. The van der Waals surface area contributed by atoms with Crippen molar-refractivity contribution in [1.82, 2.24) is 14.9 Å². The highest BCUT2D eigenvalue weighted by Crippen LogP contribution is 2.28. The van der Waals surface area contributed by atoms with Gasteiger partial charge in [0.05, 0.1) is 18.2 Å². The molecule has 1 aliphatic rings. The highest BCUT2D eigenvalue weighted by molar-refractivity contribution is 5.33. The number of ether oxygens (including phenoxy) is 2. The fourth-order valence-corrected chi connectivity index (χ4v) is 3.47. The Kier molecular flexibility index (Phi) is 5.51. The lowest BCUT2D eigenvalue weighted by Gasteiger charge is -2.30. The number of aromatic nitrogens is 2. The molecule has 2 atom stereocenters. The fraction of sp³-hybridized carbons (Fsp3) is 0.318. The first-order chi connectivity index (χ1) is 13.3. The second-order valence-electron chi connectivity index (χ2n) is 6.95. The van der Waals surface area contributed by atoms with Gasteiger partial charge in [-0.05, 0) is 42.7 Å². The minimum Gasteiger partial charge on any atom is -0.457 e. The van der Waals surface area contributed by atoms with Crippen molar-refractivity contribution in [2.75, 3.05) is 6.61 Å². The summed E-state index contributed by atoms with van der Waals surface area (Å²) in [5.41, 5.74) is 2.35. The lowest BCUT2D eigenvalue weighted by molar-refractivity contribution is -0.00404. The van der Waals surface area contributed by atoms with Crippen molar-refractivity contribution in [2.24, 2.45) is 7.05 Å². The average molecular weight is 363 g/mol. The third-order valence-corrected chi connectivity index (χ3v) is 4.94. The lowest BCUT2D eigenvalue weighted by Crippen LogP contribution is -2.36. The quantitative estimate of drug-likeness (QED) is 0.712. The molecule has 0 unspecified atom stereocenters. The van der Waals surface area contributed by atoms with Crippen LogP contribution in [-0.2, 0) is 18.3 Å². The van der Waals surface area contributed by atoms with Crippen LogP contribution in [0.4, 0.5) is 0 Å². The Hall–Kier alpha value is -2.63. The van der Waals surface area contributed by atoms with Crippen molar-refractivity contribution in [2.45, 2.75) is 31.5 Å². The third kappa shape index (κ3) is 4.56. The van der Waals surface area contributed by atoms with Gasteiger partial charge in [-0.3, -0.25) is 0 Å². The number of para-hydroxylation sites is 1. The predicted octanol–water partition coefficient (Wildman–Crippen LogP) is 4.22. The average Bonchev–Trinajstić information content (AvgIpc) is 3.14. The number of nitrogens with one attached hydrogen (secondary N) is 1. The van der Waals surface area contributed by atoms with Crippen molar-refractivity contribution in [3.05, 3.63) is 78.4 Å². The molecular formula is C22H25N3O2. The summed E-state index contributed by atoms with van der Waals surface area (Å²) < 4.78 is 13.9. The van der Waals surface area contributed by atoms with Gasteiger partial charge in [-0.25, -0.2) is 4.98 Å². The van der Waals surface area contributed by atoms with Crippen LogP contribution >= 0.6 is 0 Å². The first-order valence-corrected chi connectivity index (χ1v) is 9.41. The monoisotopic (exact) mass is 363 g/mol. The molecule has 0 spiro atoms. The molecule has 1 N–H and O–H groups in total. The zero-order valence-corrected chi connectivity index (χ0v) is 15.5. The maximum absolute atomic E-state index is 5.95. The maximum Gasteiger partial charge on any atom is 0.127 e. The predicted molar refractivity (Wildman–Crippen MR) is 105 cm³/mol. The van der Waals surface area contributed by atoms with E-state index in [9.17, 15) is 0 Å². The molecule has 27 heavy (non-hydrogen) atoms. The van der Waals surface area contributed by atoms with Crippen molar-refractivity contribution >= 4 is 0 Å². The van der Waals surface area contributed by atoms with Crippen LogP contribution in [0.2, 0.25) is 0 Å². The summed E-state index contributed by atoms with van der Waals surface area (Å²) in [6, 6.07) is 18.5. The SMILES string of the molecule is Cn1cncc1[C@H]1C[C@@H](NCc2cccc(Oc3ccccc3)c2)CCO1. The van der Waals surface area contributed by atoms with Crippen molar-refractivity contribution < 1.29 is 9.47 Å². The van der Waals surface area contributed by atoms with Crippen molar-refractivity contribution in [3.8, 4) is 11.5 Å². The molecule has 0 bridgehead atoms. The summed E-state index contributed by atoms with van der Waals surface area (Å²) in [6.45, 7) is 1.58. The zero-order valence-electron chi connectivity index (χ0n) is 15.5. The van der Waals surface area contributed by atoms with Crippen LogP contribution in [-0.4, -0.2) is 22.2 Å². The van der Waals surface area contributed by atoms with E-state index in [2.05, 4.69) is 22.4 Å². The minimum atomic E-state index is 0.108. The van der Waals surface area contributed by atoms with Gasteiger partial charge in [-0.15, -0.1) is 0 Å². The summed E-state index contributed by atoms with van der Waals surface area (Å²) in [5.74, 6) is 1.71. The molecule has 4 rings (SSSR count). The van der Waals surface area contributed by atoms with Gasteiger partial charge >= 0.3 is 0 Å². The van der Waals surface area contributed by atoms with E-state index < -0.39 is 0 Å². The van der Waals surface area contributed by atoms with Gasteiger partial charge < -0.3 is 19.4 Å². The van der Waals surface area contributed by atoms with Gasteiger partial charge in [0.15, 0.2) is 0 Å². The third-order valence-electron chi connectivity index (χ3n) is 4.94. The maximum atomic E-state index is 5.95. The van der Waals surface area contributed by atoms with Gasteiger partial charge in [0, 0.05) is 26.2 Å². The Morgan fingerprint density at radius 3 is 2.81 bits per heavy atom. The minimum absolute atomic E-state index is 0.108. The standard InChI is InChI=1S/C22H25N3O2/c1-25-16-23-15-21(25)22-13-18(10-11-26-22)24-14-17-6-5-9-20(12-17)27-19-7-3-2-4-8-19/h2-9,12,15-16,18,22,24H,10-11,13-14H2,1H3/t18-,22+/m0/s1. The second kappa shape index (κ2) is 8.37. The highest BCUT2D eigenvalue weighted by Gasteiger charge is 2.25. The summed E-state index contributed by atoms with van der Waals surface area (Å²) in [7, 11) is 2.01. The van der Waals surface area contributed by atoms with Gasteiger partial charge in [0.2, 0.25) is 0 Å². The Labute approximate surface area is 160 Å². The Morgan fingerprint density at radius 2 is 2.00 bits per heavy atom. The molecule has 2 heterocycles. The summed E-state index contributed by atoms with van der Waals surface area (Å²) in [4.78, 5) is 4.21. The van der Waals surface area contributed by atoms with Crippen LogP contribution in [0.25, 0.3) is 0 Å². The van der Waals surface area contributed by atoms with E-state index in [1.54, 1.807) is 0 Å². The molecule has 0 amide bonds. The fourth-order valence-electron chi connectivity index (χ4n) is 3.47. The highest BCUT2D eigenvalue weighted by atomic mass is 16.5. The molecule has 1 aliphatic heterocycles. The van der Waals surface area contributed by atoms with Gasteiger partial charge in [-0.1, -0.05) is 30.3 Å². The lowest BCUT2D eigenvalue weighted by atomic mass is 10.0. The van der Waals surface area contributed by atoms with Crippen LogP contribution < -0.4 is 10.1 Å². The van der Waals surface area contributed by atoms with E-state index in [-0.39, 0.29) is 6.10 Å². The van der Waals surface area contributed by atoms with Crippen LogP contribution in [0.3, 0.4) is 0 Å². The van der Waals surface area contributed by atoms with Crippen molar-refractivity contribution in [1.29, 1.82) is 0 Å². The van der Waals surface area contributed by atoms with E-state index in [0.717, 1.165) is 43.2 Å². The number of imidazole rings is 1. The Balaban J connectivity index is 1.34. The van der Waals surface area contributed by atoms with Crippen molar-refractivity contribution in [3.63, 3.8) is 0 Å². The number of rotatable bonds is 6. The molecule has 3 aromatic rings. The molecule has 0 saturated carbocycles. The largest absolute Gasteiger partial charge is 0.457 e. The first kappa shape index (κ1) is 17.8. The summed E-state index contributed by atoms with van der Waals surface area (Å²) in [6.07, 6.45) is 5.82. The van der Waals surface area contributed by atoms with Crippen LogP contribution in [0.15, 0.2) is 67.1 Å². The van der Waals surface area contributed by atoms with E-state index in [1.165, 1.54) is 5.56 Å². The molecule has 0 radical (unpaired) electrons. The molecule has 2 aromatic carbocycles. The van der Waals surface area contributed by atoms with E-state index in [4.69, 9.17) is 9.47 Å². The van der Waals surface area contributed by atoms with E-state index in [1.807, 2.05) is 66.6 Å². The van der Waals surface area contributed by atoms with Crippen LogP contribution in [0, 0.1) is 0 Å². The molecule has 5 heteroatoms. The van der Waals surface area contributed by atoms with E-state index in [0.29, 0.717) is 6.04 Å². The number of hydrogen-bond donors (Lipinski definition) is 1. The first-order valence-electron chi connectivity index (χ1n) is 9.41. The number of nitrogens with zero attached hydrogens (tertiary/aromatic N) is 2. The number of benzene rings is 2. The molecule has 1 fully saturated rings. The number of hydrogen-bond acceptors (Lipinski definition) is 4. The van der Waals surface area contributed by atoms with Gasteiger partial charge in [0.25, 0.3) is 0 Å². The Morgan fingerprint density at radius 1 is 1.15 bits per heavy atom. The zero-order chi connectivity index (χ0) is 18.5. The second-order valence-corrected chi connectivity index (χ2v) is 6.95. The summed E-state index contributed by atoms with van der Waals surface area (Å²) in [5, 5.41) is 3.68. The topological polar surface area (TPSA) is 48.3 Å². The molecule has 1 saturated heterocycles. The normalized spacial score (nSPS) is 19.7. The van der Waals surface area contributed by atoms with E-state index >= 15 is 0 Å². The smallest absolute Gasteiger partial charge is 0.127 e. The molecule has 1 aromatic heterocycles. The number of aryl methyl sites for hydroxylation is 1. The van der Waals surface area contributed by atoms with Crippen LogP contribution in [0.1, 0.15) is 30.2 Å². The molecular weight excluding hydrogens is 338 g/mol. The Bertz CT molecular complexity index is 863. The molecule has 0 aliphatic carbocycles. The summed E-state index contributed by atoms with van der Waals surface area (Å²) >= 11 is 0. The van der Waals surface area contributed by atoms with Gasteiger partial charge in [0.1, 0.15) is 17.6 Å². The van der Waals surface area contributed by atoms with Gasteiger partial charge in [-0.2, -0.15) is 0 Å².